The molecule has 0 spiro atoms. The van der Waals surface area contributed by atoms with Gasteiger partial charge in [-0.25, -0.2) is 0 Å². The van der Waals surface area contributed by atoms with Gasteiger partial charge in [-0.05, 0) is 14.1 Å². The third-order valence-electron chi connectivity index (χ3n) is 2.54. The normalized spacial score (nSPS) is 18.2. The molecule has 90 valence electrons. The number of rotatable bonds is 4. The first kappa shape index (κ1) is 11.5. The minimum absolute atomic E-state index is 0.721. The van der Waals surface area contributed by atoms with Gasteiger partial charge in [0.15, 0.2) is 5.82 Å². The van der Waals surface area contributed by atoms with Gasteiger partial charge in [-0.2, -0.15) is 4.98 Å². The molecular weight excluding hydrogens is 206 g/mol. The average Bonchev–Trinajstić information content (AvgIpc) is 2.66. The molecular formula is C10H19N5O. The van der Waals surface area contributed by atoms with Crippen molar-refractivity contribution in [3.05, 3.63) is 11.7 Å². The summed E-state index contributed by atoms with van der Waals surface area (Å²) in [6, 6.07) is 0. The SMILES string of the molecule is CN(C)Cc1noc(CN2CCNCC2)n1. The topological polar surface area (TPSA) is 57.4 Å². The Balaban J connectivity index is 1.86. The number of hydrogen-bond donors (Lipinski definition) is 1. The van der Waals surface area contributed by atoms with E-state index in [2.05, 4.69) is 20.4 Å². The third kappa shape index (κ3) is 3.26. The zero-order chi connectivity index (χ0) is 11.4. The smallest absolute Gasteiger partial charge is 0.240 e. The molecule has 1 saturated heterocycles. The number of nitrogens with zero attached hydrogens (tertiary/aromatic N) is 4. The Kier molecular flexibility index (Phi) is 3.87. The van der Waals surface area contributed by atoms with Gasteiger partial charge in [0.1, 0.15) is 0 Å². The Morgan fingerprint density at radius 3 is 2.81 bits per heavy atom. The quantitative estimate of drug-likeness (QED) is 0.748. The average molecular weight is 225 g/mol. The van der Waals surface area contributed by atoms with E-state index in [1.807, 2.05) is 19.0 Å². The summed E-state index contributed by atoms with van der Waals surface area (Å²) in [6.45, 7) is 5.67. The van der Waals surface area contributed by atoms with Gasteiger partial charge in [0, 0.05) is 26.2 Å². The number of aromatic nitrogens is 2. The van der Waals surface area contributed by atoms with Crippen LogP contribution < -0.4 is 5.32 Å². The molecule has 6 nitrogen and oxygen atoms in total. The first-order valence-corrected chi connectivity index (χ1v) is 5.63. The summed E-state index contributed by atoms with van der Waals surface area (Å²) in [5.74, 6) is 1.48. The van der Waals surface area contributed by atoms with E-state index in [0.717, 1.165) is 51.0 Å². The minimum atomic E-state index is 0.721. The van der Waals surface area contributed by atoms with Crippen molar-refractivity contribution >= 4 is 0 Å². The van der Waals surface area contributed by atoms with Gasteiger partial charge in [0.25, 0.3) is 0 Å². The fourth-order valence-electron chi connectivity index (χ4n) is 1.76. The van der Waals surface area contributed by atoms with Crippen LogP contribution in [0.5, 0.6) is 0 Å². The molecule has 1 aromatic heterocycles. The van der Waals surface area contributed by atoms with Crippen molar-refractivity contribution in [2.24, 2.45) is 0 Å². The molecule has 0 aromatic carbocycles. The summed E-state index contributed by atoms with van der Waals surface area (Å²) in [6.07, 6.45) is 0. The van der Waals surface area contributed by atoms with Crippen molar-refractivity contribution in [1.29, 1.82) is 0 Å². The summed E-state index contributed by atoms with van der Waals surface area (Å²) in [5, 5.41) is 7.27. The maximum Gasteiger partial charge on any atom is 0.240 e. The highest BCUT2D eigenvalue weighted by Gasteiger charge is 2.14. The van der Waals surface area contributed by atoms with Crippen molar-refractivity contribution in [2.75, 3.05) is 40.3 Å². The Hall–Kier alpha value is -0.980. The molecule has 2 heterocycles. The van der Waals surface area contributed by atoms with Crippen LogP contribution in [0.2, 0.25) is 0 Å². The van der Waals surface area contributed by atoms with Crippen molar-refractivity contribution < 1.29 is 4.52 Å². The minimum Gasteiger partial charge on any atom is -0.338 e. The van der Waals surface area contributed by atoms with E-state index < -0.39 is 0 Å². The highest BCUT2D eigenvalue weighted by molar-refractivity contribution is 4.86. The second-order valence-corrected chi connectivity index (χ2v) is 4.37. The Morgan fingerprint density at radius 1 is 1.38 bits per heavy atom. The second kappa shape index (κ2) is 5.38. The predicted molar refractivity (Wildman–Crippen MR) is 59.8 cm³/mol. The van der Waals surface area contributed by atoms with Gasteiger partial charge < -0.3 is 14.7 Å². The van der Waals surface area contributed by atoms with E-state index in [4.69, 9.17) is 4.52 Å². The molecule has 0 radical (unpaired) electrons. The highest BCUT2D eigenvalue weighted by Crippen LogP contribution is 2.04. The van der Waals surface area contributed by atoms with Gasteiger partial charge in [-0.15, -0.1) is 0 Å². The molecule has 1 N–H and O–H groups in total. The fraction of sp³-hybridized carbons (Fsp3) is 0.800. The summed E-state index contributed by atoms with van der Waals surface area (Å²) < 4.78 is 5.22. The van der Waals surface area contributed by atoms with Crippen LogP contribution in [0.15, 0.2) is 4.52 Å². The lowest BCUT2D eigenvalue weighted by atomic mass is 10.3. The van der Waals surface area contributed by atoms with Crippen molar-refractivity contribution in [3.8, 4) is 0 Å². The number of hydrogen-bond acceptors (Lipinski definition) is 6. The highest BCUT2D eigenvalue weighted by atomic mass is 16.5. The van der Waals surface area contributed by atoms with Crippen LogP contribution in [0.3, 0.4) is 0 Å². The maximum atomic E-state index is 5.22. The van der Waals surface area contributed by atoms with E-state index >= 15 is 0 Å². The van der Waals surface area contributed by atoms with Crippen LogP contribution in [-0.4, -0.2) is 60.2 Å². The third-order valence-corrected chi connectivity index (χ3v) is 2.54. The van der Waals surface area contributed by atoms with Crippen LogP contribution in [0.1, 0.15) is 11.7 Å². The molecule has 0 unspecified atom stereocenters. The van der Waals surface area contributed by atoms with E-state index in [9.17, 15) is 0 Å². The second-order valence-electron chi connectivity index (χ2n) is 4.37. The molecule has 0 saturated carbocycles. The maximum absolute atomic E-state index is 5.22. The number of nitrogens with one attached hydrogen (secondary N) is 1. The fourth-order valence-corrected chi connectivity index (χ4v) is 1.76. The summed E-state index contributed by atoms with van der Waals surface area (Å²) >= 11 is 0. The van der Waals surface area contributed by atoms with Crippen LogP contribution in [0, 0.1) is 0 Å². The monoisotopic (exact) mass is 225 g/mol. The van der Waals surface area contributed by atoms with Gasteiger partial charge in [-0.1, -0.05) is 5.16 Å². The lowest BCUT2D eigenvalue weighted by Crippen LogP contribution is -2.42. The summed E-state index contributed by atoms with van der Waals surface area (Å²) in [4.78, 5) is 8.71. The Bertz CT molecular complexity index is 319. The van der Waals surface area contributed by atoms with Gasteiger partial charge >= 0.3 is 0 Å². The molecule has 0 atom stereocenters. The van der Waals surface area contributed by atoms with E-state index in [0.29, 0.717) is 0 Å². The van der Waals surface area contributed by atoms with Crippen LogP contribution in [0.4, 0.5) is 0 Å². The van der Waals surface area contributed by atoms with Gasteiger partial charge in [0.2, 0.25) is 5.89 Å². The van der Waals surface area contributed by atoms with Crippen LogP contribution >= 0.6 is 0 Å². The number of piperazine rings is 1. The van der Waals surface area contributed by atoms with Crippen molar-refractivity contribution in [2.45, 2.75) is 13.1 Å². The van der Waals surface area contributed by atoms with Crippen LogP contribution in [0.25, 0.3) is 0 Å². The van der Waals surface area contributed by atoms with E-state index in [-0.39, 0.29) is 0 Å². The zero-order valence-corrected chi connectivity index (χ0v) is 9.94. The molecule has 1 aliphatic heterocycles. The molecule has 0 aliphatic carbocycles. The molecule has 2 rings (SSSR count). The lowest BCUT2D eigenvalue weighted by Gasteiger charge is -2.25. The molecule has 0 amide bonds. The molecule has 1 fully saturated rings. The summed E-state index contributed by atoms with van der Waals surface area (Å²) in [7, 11) is 3.98. The predicted octanol–water partition coefficient (Wildman–Crippen LogP) is -0.464. The van der Waals surface area contributed by atoms with Crippen LogP contribution in [-0.2, 0) is 13.1 Å². The van der Waals surface area contributed by atoms with E-state index in [1.54, 1.807) is 0 Å². The first-order valence-electron chi connectivity index (χ1n) is 5.63. The molecule has 1 aliphatic rings. The zero-order valence-electron chi connectivity index (χ0n) is 9.94. The Morgan fingerprint density at radius 2 is 2.12 bits per heavy atom. The molecule has 6 heteroatoms. The van der Waals surface area contributed by atoms with Gasteiger partial charge in [-0.3, -0.25) is 4.90 Å². The largest absolute Gasteiger partial charge is 0.338 e. The van der Waals surface area contributed by atoms with Crippen molar-refractivity contribution in [1.82, 2.24) is 25.3 Å². The van der Waals surface area contributed by atoms with E-state index in [1.165, 1.54) is 0 Å². The molecule has 1 aromatic rings. The molecule has 0 bridgehead atoms. The standard InChI is InChI=1S/C10H19N5O/c1-14(2)7-9-12-10(16-13-9)8-15-5-3-11-4-6-15/h11H,3-8H2,1-2H3. The van der Waals surface area contributed by atoms with Crippen molar-refractivity contribution in [3.63, 3.8) is 0 Å². The first-order chi connectivity index (χ1) is 7.74. The molecule has 16 heavy (non-hydrogen) atoms. The lowest BCUT2D eigenvalue weighted by molar-refractivity contribution is 0.203. The Labute approximate surface area is 95.6 Å². The van der Waals surface area contributed by atoms with Gasteiger partial charge in [0.05, 0.1) is 13.1 Å². The summed E-state index contributed by atoms with van der Waals surface area (Å²) in [5.41, 5.74) is 0.